The molecular formula is C110H124BrF3Li2O14. The Balaban J connectivity index is 0.000000204. The Morgan fingerprint density at radius 1 is 0.392 bits per heavy atom. The first-order chi connectivity index (χ1) is 62.0. The number of methoxy groups -OCH3 is 5. The van der Waals surface area contributed by atoms with E-state index in [1.807, 2.05) is 233 Å². The molecule has 0 spiro atoms. The SMILES string of the molecule is COc1ccc(Cc2c[c-]ccc2)cc1.COc1ccc(Cc2cccc(Br)c2)cc1.COc1ccc(Cc2cccc(C3(O)OC(COCc4ccccc4)C(F)C(C)C3C)c2)cc1.COc1ccc(Cc2cccc(C3OC(CO)C(F)C(O)C3O)c2)cc1.COc1ccc(Cc2cccc(C3OC(COCc4ccccc4)C(F)C(C)C3C)c2)cc1.[CH2-]CCC.[Li+].[Li+]. The fourth-order valence-electron chi connectivity index (χ4n) is 15.5. The molecule has 3 saturated heterocycles. The third kappa shape index (κ3) is 32.0. The molecule has 678 valence electrons. The minimum Gasteiger partial charge on any atom is -0.497 e. The molecule has 14 nitrogen and oxygen atoms in total. The van der Waals surface area contributed by atoms with Crippen LogP contribution in [-0.2, 0) is 74.8 Å². The molecule has 15 atom stereocenters. The Morgan fingerprint density at radius 2 is 0.754 bits per heavy atom. The smallest absolute Gasteiger partial charge is 0.497 e. The summed E-state index contributed by atoms with van der Waals surface area (Å²) in [4.78, 5) is 0. The number of alkyl halides is 3. The molecule has 0 bridgehead atoms. The van der Waals surface area contributed by atoms with Gasteiger partial charge in [0.2, 0.25) is 0 Å². The summed E-state index contributed by atoms with van der Waals surface area (Å²) < 4.78 is 101. The fraction of sp³-hybridized carbons (Fsp3) is 0.336. The van der Waals surface area contributed by atoms with Gasteiger partial charge in [-0.15, -0.1) is 0 Å². The van der Waals surface area contributed by atoms with Gasteiger partial charge >= 0.3 is 37.7 Å². The van der Waals surface area contributed by atoms with E-state index in [0.29, 0.717) is 37.2 Å². The molecule has 0 aliphatic carbocycles. The van der Waals surface area contributed by atoms with Crippen molar-refractivity contribution < 1.29 is 119 Å². The topological polar surface area (TPSA) is 173 Å². The van der Waals surface area contributed by atoms with Gasteiger partial charge in [0.15, 0.2) is 12.0 Å². The van der Waals surface area contributed by atoms with Crippen LogP contribution in [0.25, 0.3) is 0 Å². The molecule has 4 N–H and O–H groups in total. The Hall–Kier alpha value is -9.26. The van der Waals surface area contributed by atoms with Crippen molar-refractivity contribution >= 4 is 15.9 Å². The number of hydrogen-bond acceptors (Lipinski definition) is 14. The first-order valence-corrected chi connectivity index (χ1v) is 44.6. The van der Waals surface area contributed by atoms with Crippen molar-refractivity contribution in [3.05, 3.63) is 404 Å². The zero-order valence-electron chi connectivity index (χ0n) is 77.0. The van der Waals surface area contributed by atoms with Gasteiger partial charge in [0, 0.05) is 16.0 Å². The zero-order chi connectivity index (χ0) is 91.3. The van der Waals surface area contributed by atoms with E-state index < -0.39 is 79.4 Å². The van der Waals surface area contributed by atoms with Crippen LogP contribution in [0.15, 0.2) is 308 Å². The van der Waals surface area contributed by atoms with Crippen LogP contribution in [0.4, 0.5) is 13.2 Å². The summed E-state index contributed by atoms with van der Waals surface area (Å²) in [6, 6.07) is 103. The summed E-state index contributed by atoms with van der Waals surface area (Å²) in [6.45, 7) is 14.0. The van der Waals surface area contributed by atoms with Gasteiger partial charge in [0.25, 0.3) is 0 Å². The van der Waals surface area contributed by atoms with Crippen molar-refractivity contribution in [1.82, 2.24) is 0 Å². The minimum atomic E-state index is -1.83. The number of rotatable bonds is 28. The number of aliphatic hydroxyl groups excluding tert-OH is 3. The van der Waals surface area contributed by atoms with E-state index >= 15 is 8.78 Å². The Morgan fingerprint density at radius 3 is 1.15 bits per heavy atom. The molecule has 0 radical (unpaired) electrons. The Bertz CT molecular complexity index is 5150. The van der Waals surface area contributed by atoms with Gasteiger partial charge in [-0.25, -0.2) is 13.2 Å². The van der Waals surface area contributed by atoms with Crippen molar-refractivity contribution in [1.29, 1.82) is 0 Å². The van der Waals surface area contributed by atoms with Crippen LogP contribution in [0.3, 0.4) is 0 Å². The Kier molecular flexibility index (Phi) is 45.1. The molecule has 15 unspecified atom stereocenters. The summed E-state index contributed by atoms with van der Waals surface area (Å²) in [5.41, 5.74) is 16.3. The van der Waals surface area contributed by atoms with Gasteiger partial charge in [0.1, 0.15) is 77.7 Å². The molecular weight excluding hydrogens is 1700 g/mol. The van der Waals surface area contributed by atoms with Crippen LogP contribution >= 0.6 is 15.9 Å². The molecule has 0 aromatic heterocycles. The maximum atomic E-state index is 15.2. The first-order valence-electron chi connectivity index (χ1n) is 43.8. The van der Waals surface area contributed by atoms with Crippen molar-refractivity contribution in [2.75, 3.05) is 55.4 Å². The predicted octanol–water partition coefficient (Wildman–Crippen LogP) is 16.8. The van der Waals surface area contributed by atoms with Crippen LogP contribution < -0.4 is 61.4 Å². The van der Waals surface area contributed by atoms with Crippen molar-refractivity contribution in [2.45, 2.75) is 160 Å². The van der Waals surface area contributed by atoms with E-state index in [0.717, 1.165) is 97.8 Å². The van der Waals surface area contributed by atoms with Gasteiger partial charge in [-0.05, 0) is 189 Å². The molecule has 3 aliphatic rings. The molecule has 0 saturated carbocycles. The molecule has 3 heterocycles. The number of aliphatic hydroxyl groups is 4. The van der Waals surface area contributed by atoms with E-state index in [9.17, 15) is 24.8 Å². The second kappa shape index (κ2) is 55.3. The molecule has 15 rings (SSSR count). The van der Waals surface area contributed by atoms with Crippen LogP contribution in [0.2, 0.25) is 0 Å². The summed E-state index contributed by atoms with van der Waals surface area (Å²) >= 11 is 3.48. The van der Waals surface area contributed by atoms with Crippen molar-refractivity contribution in [3.63, 3.8) is 0 Å². The fourth-order valence-corrected chi connectivity index (χ4v) is 15.9. The molecule has 130 heavy (non-hydrogen) atoms. The minimum absolute atomic E-state index is 0. The number of unbranched alkanes of at least 4 members (excludes halogenated alkanes) is 1. The van der Waals surface area contributed by atoms with Crippen LogP contribution in [0.5, 0.6) is 28.7 Å². The number of benzene rings is 12. The van der Waals surface area contributed by atoms with E-state index in [-0.39, 0.29) is 68.9 Å². The molecule has 3 fully saturated rings. The van der Waals surface area contributed by atoms with E-state index in [1.54, 1.807) is 41.6 Å². The second-order valence-corrected chi connectivity index (χ2v) is 33.5. The predicted molar refractivity (Wildman–Crippen MR) is 505 cm³/mol. The third-order valence-electron chi connectivity index (χ3n) is 23.5. The van der Waals surface area contributed by atoms with E-state index in [1.165, 1.54) is 39.8 Å². The number of hydrogen-bond donors (Lipinski definition) is 4. The summed E-state index contributed by atoms with van der Waals surface area (Å²) in [5, 5.41) is 41.0. The maximum absolute atomic E-state index is 15.2. The largest absolute Gasteiger partial charge is 1.00 e. The number of ether oxygens (including phenoxy) is 10. The molecule has 12 aromatic carbocycles. The quantitative estimate of drug-likeness (QED) is 0.0269. The summed E-state index contributed by atoms with van der Waals surface area (Å²) in [6.07, 6.45) is -4.39. The van der Waals surface area contributed by atoms with Crippen LogP contribution in [0, 0.1) is 36.7 Å². The van der Waals surface area contributed by atoms with Gasteiger partial charge < -0.3 is 74.7 Å². The monoisotopic (exact) mass is 1820 g/mol. The van der Waals surface area contributed by atoms with Gasteiger partial charge in [-0.1, -0.05) is 269 Å². The van der Waals surface area contributed by atoms with Crippen molar-refractivity contribution in [3.8, 4) is 28.7 Å². The van der Waals surface area contributed by atoms with Crippen molar-refractivity contribution in [2.24, 2.45) is 23.7 Å². The molecule has 3 aliphatic heterocycles. The summed E-state index contributed by atoms with van der Waals surface area (Å²) in [5.74, 6) is 1.79. The first kappa shape index (κ1) is 106. The molecule has 20 heteroatoms. The molecule has 0 amide bonds. The van der Waals surface area contributed by atoms with Gasteiger partial charge in [0.05, 0.1) is 74.7 Å². The van der Waals surface area contributed by atoms with Crippen LogP contribution in [-0.4, -0.2) is 125 Å². The average Bonchev–Trinajstić information content (AvgIpc) is 0.753. The van der Waals surface area contributed by atoms with Gasteiger partial charge in [-0.3, -0.25) is 0 Å². The summed E-state index contributed by atoms with van der Waals surface area (Å²) in [7, 11) is 8.30. The van der Waals surface area contributed by atoms with E-state index in [4.69, 9.17) is 47.4 Å². The average molecular weight is 1820 g/mol. The van der Waals surface area contributed by atoms with Gasteiger partial charge in [-0.2, -0.15) is 42.3 Å². The van der Waals surface area contributed by atoms with E-state index in [2.05, 4.69) is 128 Å². The number of halogens is 4. The maximum Gasteiger partial charge on any atom is 1.00 e. The Labute approximate surface area is 800 Å². The third-order valence-corrected chi connectivity index (χ3v) is 24.0. The molecule has 12 aromatic rings. The van der Waals surface area contributed by atoms with Crippen LogP contribution in [0.1, 0.15) is 143 Å². The standard InChI is InChI=1S/C29H33FO4.C29H33FO3.C20H23FO5.C14H13BrO.C14H13O.C4H9.2Li/c1-20-21(2)29(31,34-27(28(20)30)19-33-18-23-8-5-4-6-9-23)25-11-7-10-24(17-25)16-22-12-14-26(32-3)15-13-22;1-20-21(2)29(33-27(28(20)30)19-32-18-23-8-5-4-6-9-23)25-11-7-10-24(17-25)16-22-12-14-26(31-3)15-13-22;1-25-15-7-5-12(6-8-15)9-13-3-2-4-14(10-13)20-19(24)18(23)17(21)16(11-22)26-20;1-16-14-7-5-11(6-8-14)9-12-3-2-4-13(15)10-12;1-15-14-9-7-13(8-10-14)11-12-5-3-2-4-6-12;1-3-4-2;;/h4-15,17,20-21,27-28,31H,16,18-19H2,1-3H3;4-15,17,20-21,27-29H,16,18-19H2,1-3H3;2-8,10,16-20,22-24H,9,11H2,1H3;2-8,10H,9H2,1H3;2-3,5-10H,11H2,1H3;1,3-4H2,2H3;;/q;;;;2*-1;2*+1. The normalized spacial score (nSPS) is 21.7. The zero-order valence-corrected chi connectivity index (χ0v) is 78.6. The second-order valence-electron chi connectivity index (χ2n) is 32.6.